The van der Waals surface area contributed by atoms with Crippen LogP contribution in [-0.4, -0.2) is 34.2 Å². The summed E-state index contributed by atoms with van der Waals surface area (Å²) in [6.07, 6.45) is 4.17. The summed E-state index contributed by atoms with van der Waals surface area (Å²) in [5.74, 6) is 0. The molecule has 0 spiro atoms. The number of hydrogen-bond donors (Lipinski definition) is 2. The van der Waals surface area contributed by atoms with Crippen LogP contribution >= 0.6 is 11.3 Å². The highest BCUT2D eigenvalue weighted by Gasteiger charge is 2.45. The largest absolute Gasteiger partial charge is 0.393 e. The average molecular weight is 280 g/mol. The number of piperidine rings is 1. The molecule has 4 unspecified atom stereocenters. The van der Waals surface area contributed by atoms with Gasteiger partial charge in [-0.1, -0.05) is 0 Å². The van der Waals surface area contributed by atoms with Crippen LogP contribution in [0.1, 0.15) is 49.1 Å². The Labute approximate surface area is 119 Å². The van der Waals surface area contributed by atoms with Gasteiger partial charge in [-0.3, -0.25) is 4.90 Å². The second-order valence-corrected chi connectivity index (χ2v) is 7.18. The van der Waals surface area contributed by atoms with E-state index < -0.39 is 0 Å². The summed E-state index contributed by atoms with van der Waals surface area (Å²) in [5, 5.41) is 12.1. The van der Waals surface area contributed by atoms with E-state index in [1.54, 1.807) is 0 Å². The van der Waals surface area contributed by atoms with Gasteiger partial charge in [0.25, 0.3) is 0 Å². The lowest BCUT2D eigenvalue weighted by Crippen LogP contribution is -2.50. The summed E-state index contributed by atoms with van der Waals surface area (Å²) in [6, 6.07) is 3.69. The summed E-state index contributed by atoms with van der Waals surface area (Å²) in [5.41, 5.74) is 7.68. The molecule has 2 fully saturated rings. The number of nitrogens with zero attached hydrogens (tertiary/aromatic N) is 1. The molecule has 0 amide bonds. The first-order chi connectivity index (χ1) is 9.08. The molecule has 2 aliphatic heterocycles. The Kier molecular flexibility index (Phi) is 3.69. The molecular weight excluding hydrogens is 256 g/mol. The Morgan fingerprint density at radius 1 is 1.37 bits per heavy atom. The van der Waals surface area contributed by atoms with Gasteiger partial charge in [-0.2, -0.15) is 0 Å². The second-order valence-electron chi connectivity index (χ2n) is 6.23. The van der Waals surface area contributed by atoms with E-state index in [0.29, 0.717) is 18.1 Å². The standard InChI is InChI=1S/C15H24N2OS/c1-9-5-6-19-15(9)14(10(2)16)17-11-3-4-12(17)8-13(18)7-11/h5-6,10-14,18H,3-4,7-8,16H2,1-2H3. The van der Waals surface area contributed by atoms with Gasteiger partial charge in [-0.05, 0) is 56.5 Å². The van der Waals surface area contributed by atoms with Crippen LogP contribution < -0.4 is 5.73 Å². The van der Waals surface area contributed by atoms with Crippen molar-refractivity contribution in [2.45, 2.75) is 69.8 Å². The van der Waals surface area contributed by atoms with Crippen LogP contribution in [0.2, 0.25) is 0 Å². The monoisotopic (exact) mass is 280 g/mol. The lowest BCUT2D eigenvalue weighted by Gasteiger charge is -2.44. The first-order valence-corrected chi connectivity index (χ1v) is 8.21. The molecule has 4 heteroatoms. The van der Waals surface area contributed by atoms with E-state index in [9.17, 15) is 5.11 Å². The predicted molar refractivity (Wildman–Crippen MR) is 79.3 cm³/mol. The van der Waals surface area contributed by atoms with E-state index in [0.717, 1.165) is 12.8 Å². The van der Waals surface area contributed by atoms with Gasteiger partial charge < -0.3 is 10.8 Å². The van der Waals surface area contributed by atoms with Crippen LogP contribution in [0.5, 0.6) is 0 Å². The summed E-state index contributed by atoms with van der Waals surface area (Å²) in [7, 11) is 0. The van der Waals surface area contributed by atoms with Gasteiger partial charge in [-0.25, -0.2) is 0 Å². The summed E-state index contributed by atoms with van der Waals surface area (Å²) >= 11 is 1.83. The van der Waals surface area contributed by atoms with E-state index in [4.69, 9.17) is 5.73 Å². The second kappa shape index (κ2) is 5.17. The smallest absolute Gasteiger partial charge is 0.0598 e. The van der Waals surface area contributed by atoms with Crippen LogP contribution in [0.25, 0.3) is 0 Å². The molecule has 106 valence electrons. The molecule has 0 aliphatic carbocycles. The van der Waals surface area contributed by atoms with E-state index in [-0.39, 0.29) is 12.1 Å². The summed E-state index contributed by atoms with van der Waals surface area (Å²) < 4.78 is 0. The van der Waals surface area contributed by atoms with Crippen molar-refractivity contribution < 1.29 is 5.11 Å². The highest BCUT2D eigenvalue weighted by molar-refractivity contribution is 7.10. The van der Waals surface area contributed by atoms with Gasteiger partial charge in [0.1, 0.15) is 0 Å². The highest BCUT2D eigenvalue weighted by Crippen LogP contribution is 2.44. The maximum atomic E-state index is 9.96. The maximum Gasteiger partial charge on any atom is 0.0598 e. The minimum absolute atomic E-state index is 0.105. The van der Waals surface area contributed by atoms with Crippen molar-refractivity contribution in [3.8, 4) is 0 Å². The van der Waals surface area contributed by atoms with Crippen molar-refractivity contribution in [2.75, 3.05) is 0 Å². The molecule has 0 radical (unpaired) electrons. The van der Waals surface area contributed by atoms with Crippen molar-refractivity contribution in [3.63, 3.8) is 0 Å². The molecule has 4 atom stereocenters. The third-order valence-corrected chi connectivity index (χ3v) is 5.84. The van der Waals surface area contributed by atoms with Crippen LogP contribution in [0, 0.1) is 6.92 Å². The lowest BCUT2D eigenvalue weighted by molar-refractivity contribution is 0.00492. The molecule has 3 rings (SSSR count). The molecule has 3 heterocycles. The Bertz CT molecular complexity index is 431. The Balaban J connectivity index is 1.92. The van der Waals surface area contributed by atoms with Crippen molar-refractivity contribution in [3.05, 3.63) is 21.9 Å². The number of aliphatic hydroxyl groups excluding tert-OH is 1. The predicted octanol–water partition coefficient (Wildman–Crippen LogP) is 2.43. The summed E-state index contributed by atoms with van der Waals surface area (Å²) in [6.45, 7) is 4.30. The zero-order chi connectivity index (χ0) is 13.6. The van der Waals surface area contributed by atoms with Gasteiger partial charge in [0, 0.05) is 23.0 Å². The van der Waals surface area contributed by atoms with Crippen molar-refractivity contribution in [2.24, 2.45) is 5.73 Å². The van der Waals surface area contributed by atoms with Crippen LogP contribution in [0.4, 0.5) is 0 Å². The van der Waals surface area contributed by atoms with Gasteiger partial charge in [0.2, 0.25) is 0 Å². The van der Waals surface area contributed by atoms with E-state index in [2.05, 4.69) is 30.2 Å². The van der Waals surface area contributed by atoms with Crippen molar-refractivity contribution >= 4 is 11.3 Å². The quantitative estimate of drug-likeness (QED) is 0.894. The van der Waals surface area contributed by atoms with Crippen molar-refractivity contribution in [1.82, 2.24) is 4.90 Å². The van der Waals surface area contributed by atoms with Gasteiger partial charge in [0.05, 0.1) is 12.1 Å². The Morgan fingerprint density at radius 2 is 2.00 bits per heavy atom. The molecule has 2 aliphatic rings. The number of hydrogen-bond acceptors (Lipinski definition) is 4. The van der Waals surface area contributed by atoms with Crippen LogP contribution in [-0.2, 0) is 0 Å². The number of aryl methyl sites for hydroxylation is 1. The normalized spacial score (nSPS) is 34.4. The van der Waals surface area contributed by atoms with Crippen LogP contribution in [0.15, 0.2) is 11.4 Å². The van der Waals surface area contributed by atoms with E-state index in [1.807, 2.05) is 11.3 Å². The average Bonchev–Trinajstić information content (AvgIpc) is 2.84. The number of aliphatic hydroxyl groups is 1. The molecule has 3 N–H and O–H groups in total. The molecule has 19 heavy (non-hydrogen) atoms. The van der Waals surface area contributed by atoms with Gasteiger partial charge in [-0.15, -0.1) is 11.3 Å². The molecule has 2 saturated heterocycles. The van der Waals surface area contributed by atoms with E-state index in [1.165, 1.54) is 23.3 Å². The molecule has 2 bridgehead atoms. The van der Waals surface area contributed by atoms with Crippen LogP contribution in [0.3, 0.4) is 0 Å². The Morgan fingerprint density at radius 3 is 2.47 bits per heavy atom. The highest BCUT2D eigenvalue weighted by atomic mass is 32.1. The fourth-order valence-corrected chi connectivity index (χ4v) is 5.12. The fraction of sp³-hybridized carbons (Fsp3) is 0.733. The zero-order valence-corrected chi connectivity index (χ0v) is 12.6. The number of rotatable bonds is 3. The van der Waals surface area contributed by atoms with Crippen molar-refractivity contribution in [1.29, 1.82) is 0 Å². The Hall–Kier alpha value is -0.420. The lowest BCUT2D eigenvalue weighted by atomic mass is 9.94. The topological polar surface area (TPSA) is 49.5 Å². The minimum Gasteiger partial charge on any atom is -0.393 e. The fourth-order valence-electron chi connectivity index (χ4n) is 3.97. The third kappa shape index (κ3) is 2.35. The summed E-state index contributed by atoms with van der Waals surface area (Å²) in [4.78, 5) is 4.04. The SMILES string of the molecule is Cc1ccsc1C(C(C)N)N1C2CCC1CC(O)C2. The molecule has 0 saturated carbocycles. The van der Waals surface area contributed by atoms with Gasteiger partial charge >= 0.3 is 0 Å². The molecule has 1 aromatic rings. The number of thiophene rings is 1. The van der Waals surface area contributed by atoms with E-state index >= 15 is 0 Å². The van der Waals surface area contributed by atoms with Gasteiger partial charge in [0.15, 0.2) is 0 Å². The first kappa shape index (κ1) is 13.6. The maximum absolute atomic E-state index is 9.96. The molecule has 1 aromatic heterocycles. The molecule has 0 aromatic carbocycles. The zero-order valence-electron chi connectivity index (χ0n) is 11.7. The number of nitrogens with two attached hydrogens (primary N) is 1. The third-order valence-electron chi connectivity index (χ3n) is 4.75. The number of fused-ring (bicyclic) bond motifs is 2. The molecular formula is C15H24N2OS. The molecule has 3 nitrogen and oxygen atoms in total. The first-order valence-electron chi connectivity index (χ1n) is 7.33. The minimum atomic E-state index is -0.105.